The Hall–Kier alpha value is -7.96. The third kappa shape index (κ3) is 4.98. The highest BCUT2D eigenvalue weighted by atomic mass is 15.1. The molecule has 0 aliphatic rings. The molecule has 0 spiro atoms. The van der Waals surface area contributed by atoms with Gasteiger partial charge >= 0.3 is 0 Å². The van der Waals surface area contributed by atoms with E-state index in [1.807, 2.05) is 60.7 Å². The molecule has 0 unspecified atom stereocenters. The molecule has 4 heterocycles. The van der Waals surface area contributed by atoms with Crippen molar-refractivity contribution in [2.45, 2.75) is 0 Å². The van der Waals surface area contributed by atoms with Crippen LogP contribution in [-0.2, 0) is 0 Å². The van der Waals surface area contributed by atoms with Crippen molar-refractivity contribution in [3.63, 3.8) is 0 Å². The molecule has 0 fully saturated rings. The van der Waals surface area contributed by atoms with Gasteiger partial charge in [-0.15, -0.1) is 0 Å². The van der Waals surface area contributed by atoms with Crippen molar-refractivity contribution in [3.8, 4) is 45.3 Å². The first kappa shape index (κ1) is 32.3. The molecule has 6 nitrogen and oxygen atoms in total. The molecular weight excluding hydrogens is 709 g/mol. The van der Waals surface area contributed by atoms with E-state index in [2.05, 4.69) is 143 Å². The van der Waals surface area contributed by atoms with E-state index in [1.54, 1.807) is 0 Å². The Balaban J connectivity index is 1.13. The van der Waals surface area contributed by atoms with Gasteiger partial charge in [-0.2, -0.15) is 0 Å². The molecule has 0 radical (unpaired) electrons. The summed E-state index contributed by atoms with van der Waals surface area (Å²) in [6.45, 7) is 0. The fourth-order valence-corrected chi connectivity index (χ4v) is 8.66. The Kier molecular flexibility index (Phi) is 7.13. The average molecular weight is 741 g/mol. The van der Waals surface area contributed by atoms with E-state index in [-0.39, 0.29) is 0 Å². The van der Waals surface area contributed by atoms with E-state index < -0.39 is 0 Å². The first-order valence-electron chi connectivity index (χ1n) is 19.5. The van der Waals surface area contributed by atoms with E-state index in [9.17, 15) is 0 Å². The van der Waals surface area contributed by atoms with Crippen LogP contribution in [0.3, 0.4) is 0 Å². The first-order valence-corrected chi connectivity index (χ1v) is 19.5. The number of hydrogen-bond acceptors (Lipinski definition) is 4. The van der Waals surface area contributed by atoms with Gasteiger partial charge in [-0.05, 0) is 60.7 Å². The Morgan fingerprint density at radius 1 is 0.276 bits per heavy atom. The molecule has 0 saturated heterocycles. The second-order valence-electron chi connectivity index (χ2n) is 14.7. The molecular formula is C52H32N6. The van der Waals surface area contributed by atoms with E-state index in [4.69, 9.17) is 19.9 Å². The Morgan fingerprint density at radius 2 is 0.707 bits per heavy atom. The molecule has 270 valence electrons. The van der Waals surface area contributed by atoms with Crippen LogP contribution in [0, 0.1) is 0 Å². The predicted octanol–water partition coefficient (Wildman–Crippen LogP) is 12.8. The van der Waals surface area contributed by atoms with Crippen LogP contribution in [0.4, 0.5) is 0 Å². The minimum absolute atomic E-state index is 0.803. The third-order valence-corrected chi connectivity index (χ3v) is 11.3. The Bertz CT molecular complexity index is 3570. The fraction of sp³-hybridized carbons (Fsp3) is 0. The van der Waals surface area contributed by atoms with Crippen molar-refractivity contribution in [2.24, 2.45) is 0 Å². The summed E-state index contributed by atoms with van der Waals surface area (Å²) in [5.74, 6) is 0.803. The molecule has 0 aliphatic heterocycles. The zero-order chi connectivity index (χ0) is 38.2. The van der Waals surface area contributed by atoms with Crippen molar-refractivity contribution in [1.82, 2.24) is 29.1 Å². The first-order chi connectivity index (χ1) is 28.8. The quantitative estimate of drug-likeness (QED) is 0.176. The lowest BCUT2D eigenvalue weighted by molar-refractivity contribution is 1.08. The van der Waals surface area contributed by atoms with Crippen molar-refractivity contribution < 1.29 is 0 Å². The topological polar surface area (TPSA) is 61.4 Å². The zero-order valence-corrected chi connectivity index (χ0v) is 31.2. The molecule has 4 aromatic heterocycles. The van der Waals surface area contributed by atoms with Gasteiger partial charge in [0, 0.05) is 43.9 Å². The normalized spacial score (nSPS) is 11.8. The highest BCUT2D eigenvalue weighted by molar-refractivity contribution is 6.19. The number of benzene rings is 8. The number of aromatic nitrogens is 6. The predicted molar refractivity (Wildman–Crippen MR) is 238 cm³/mol. The summed E-state index contributed by atoms with van der Waals surface area (Å²) in [5, 5.41) is 4.62. The lowest BCUT2D eigenvalue weighted by atomic mass is 10.0. The minimum atomic E-state index is 0.803. The maximum Gasteiger partial charge on any atom is 0.165 e. The van der Waals surface area contributed by atoms with Crippen LogP contribution in [0.1, 0.15) is 0 Å². The number of para-hydroxylation sites is 6. The monoisotopic (exact) mass is 740 g/mol. The average Bonchev–Trinajstić information content (AvgIpc) is 3.80. The molecule has 12 rings (SSSR count). The van der Waals surface area contributed by atoms with E-state index in [0.29, 0.717) is 0 Å². The molecule has 12 aromatic rings. The summed E-state index contributed by atoms with van der Waals surface area (Å²) < 4.78 is 4.70. The van der Waals surface area contributed by atoms with Gasteiger partial charge in [-0.3, -0.25) is 4.57 Å². The highest BCUT2D eigenvalue weighted by Crippen LogP contribution is 2.41. The number of nitrogens with zero attached hydrogens (tertiary/aromatic N) is 6. The largest absolute Gasteiger partial charge is 0.309 e. The van der Waals surface area contributed by atoms with Crippen LogP contribution < -0.4 is 0 Å². The van der Waals surface area contributed by atoms with E-state index in [0.717, 1.165) is 106 Å². The van der Waals surface area contributed by atoms with Crippen LogP contribution in [0.15, 0.2) is 194 Å². The van der Waals surface area contributed by atoms with Gasteiger partial charge in [0.25, 0.3) is 0 Å². The zero-order valence-electron chi connectivity index (χ0n) is 31.2. The lowest BCUT2D eigenvalue weighted by Gasteiger charge is -2.14. The van der Waals surface area contributed by atoms with Crippen LogP contribution >= 0.6 is 0 Å². The molecule has 0 aliphatic carbocycles. The minimum Gasteiger partial charge on any atom is -0.309 e. The molecule has 58 heavy (non-hydrogen) atoms. The van der Waals surface area contributed by atoms with Crippen LogP contribution in [0.5, 0.6) is 0 Å². The van der Waals surface area contributed by atoms with Crippen LogP contribution in [0.25, 0.3) is 111 Å². The van der Waals surface area contributed by atoms with Gasteiger partial charge in [0.05, 0.1) is 55.5 Å². The van der Waals surface area contributed by atoms with Crippen molar-refractivity contribution in [3.05, 3.63) is 194 Å². The molecule has 0 saturated carbocycles. The smallest absolute Gasteiger partial charge is 0.165 e. The molecule has 8 aromatic carbocycles. The number of fused-ring (bicyclic) bond motifs is 8. The van der Waals surface area contributed by atoms with Gasteiger partial charge < -0.3 is 4.57 Å². The van der Waals surface area contributed by atoms with Gasteiger partial charge in [-0.1, -0.05) is 133 Å². The number of rotatable bonds is 5. The van der Waals surface area contributed by atoms with Gasteiger partial charge in [-0.25, -0.2) is 19.9 Å². The maximum atomic E-state index is 5.36. The van der Waals surface area contributed by atoms with Gasteiger partial charge in [0.15, 0.2) is 5.82 Å². The summed E-state index contributed by atoms with van der Waals surface area (Å²) in [7, 11) is 0. The summed E-state index contributed by atoms with van der Waals surface area (Å²) in [5.41, 5.74) is 14.5. The van der Waals surface area contributed by atoms with Gasteiger partial charge in [0.2, 0.25) is 0 Å². The molecule has 0 bridgehead atoms. The van der Waals surface area contributed by atoms with Crippen molar-refractivity contribution in [1.29, 1.82) is 0 Å². The molecule has 6 heteroatoms. The van der Waals surface area contributed by atoms with E-state index in [1.165, 1.54) is 5.39 Å². The summed E-state index contributed by atoms with van der Waals surface area (Å²) in [6.07, 6.45) is 0. The van der Waals surface area contributed by atoms with Crippen molar-refractivity contribution in [2.75, 3.05) is 0 Å². The summed E-state index contributed by atoms with van der Waals surface area (Å²) in [4.78, 5) is 21.0. The van der Waals surface area contributed by atoms with E-state index >= 15 is 0 Å². The summed E-state index contributed by atoms with van der Waals surface area (Å²) >= 11 is 0. The highest BCUT2D eigenvalue weighted by Gasteiger charge is 2.22. The second kappa shape index (κ2) is 12.8. The molecule has 0 amide bonds. The SMILES string of the molecule is c1ccc(-c2nc3ccccc3nc2-c2cccc(-n3c4ccccc4c4cc5c(cc43)c3ccccc3n5-c3nc4ccccc4nc3-c3ccccc3)c2)cc1. The number of hydrogen-bond donors (Lipinski definition) is 0. The van der Waals surface area contributed by atoms with Crippen LogP contribution in [0.2, 0.25) is 0 Å². The molecule has 0 N–H and O–H groups in total. The Morgan fingerprint density at radius 3 is 1.31 bits per heavy atom. The summed E-state index contributed by atoms with van der Waals surface area (Å²) in [6, 6.07) is 67.7. The lowest BCUT2D eigenvalue weighted by Crippen LogP contribution is -2.03. The van der Waals surface area contributed by atoms with Crippen molar-refractivity contribution >= 4 is 65.7 Å². The van der Waals surface area contributed by atoms with Crippen LogP contribution in [-0.4, -0.2) is 29.1 Å². The fourth-order valence-electron chi connectivity index (χ4n) is 8.66. The maximum absolute atomic E-state index is 5.36. The van der Waals surface area contributed by atoms with Gasteiger partial charge in [0.1, 0.15) is 5.69 Å². The standard InChI is InChI=1S/C52H32N6/c1-3-16-33(17-4-1)49-50(54-42-25-10-9-24-41(42)53-49)35-20-15-21-36(30-35)57-45-28-13-7-22-37(45)39-32-48-40(31-47(39)57)38-23-8-14-29-46(38)58(48)52-51(34-18-5-2-6-19-34)55-43-26-11-12-27-44(43)56-52/h1-32H. The molecule has 0 atom stereocenters. The second-order valence-corrected chi connectivity index (χ2v) is 14.7. The Labute approximate surface area is 333 Å². The third-order valence-electron chi connectivity index (χ3n) is 11.3.